The Bertz CT molecular complexity index is 725. The molecule has 7 heteroatoms. The first kappa shape index (κ1) is 17.0. The molecule has 0 aliphatic heterocycles. The number of hydrogen-bond donors (Lipinski definition) is 4. The molecule has 3 rings (SSSR count). The quantitative estimate of drug-likeness (QED) is 0.614. The van der Waals surface area contributed by atoms with Crippen molar-refractivity contribution in [3.63, 3.8) is 0 Å². The summed E-state index contributed by atoms with van der Waals surface area (Å²) in [7, 11) is 0. The summed E-state index contributed by atoms with van der Waals surface area (Å²) in [6, 6.07) is 6.83. The Morgan fingerprint density at radius 1 is 1.04 bits per heavy atom. The summed E-state index contributed by atoms with van der Waals surface area (Å²) >= 11 is 0. The third kappa shape index (κ3) is 4.37. The maximum Gasteiger partial charge on any atom is 0.335 e. The van der Waals surface area contributed by atoms with Crippen LogP contribution in [0.3, 0.4) is 0 Å². The van der Waals surface area contributed by atoms with Crippen LogP contribution < -0.4 is 16.4 Å². The monoisotopic (exact) mass is 341 g/mol. The fourth-order valence-corrected chi connectivity index (χ4v) is 3.06. The number of aromatic carboxylic acids is 1. The van der Waals surface area contributed by atoms with Gasteiger partial charge in [-0.3, -0.25) is 0 Å². The van der Waals surface area contributed by atoms with Crippen LogP contribution in [0, 0.1) is 0 Å². The molecule has 1 fully saturated rings. The first-order chi connectivity index (χ1) is 12.1. The highest BCUT2D eigenvalue weighted by molar-refractivity contribution is 5.88. The SMILES string of the molecule is Nc1c(Nc2ccc(C(=O)O)cc2)ncnc1NC1CCCCCC1. The summed E-state index contributed by atoms with van der Waals surface area (Å²) in [4.78, 5) is 19.4. The molecule has 5 N–H and O–H groups in total. The van der Waals surface area contributed by atoms with Crippen molar-refractivity contribution in [2.45, 2.75) is 44.6 Å². The van der Waals surface area contributed by atoms with Crippen molar-refractivity contribution >= 4 is 29.0 Å². The number of carbonyl (C=O) groups is 1. The number of nitrogens with one attached hydrogen (secondary N) is 2. The standard InChI is InChI=1S/C18H23N5O2/c19-15-16(22-13-5-3-1-2-4-6-13)20-11-21-17(15)23-14-9-7-12(8-10-14)18(24)25/h7-11,13H,1-6,19H2,(H,24,25)(H2,20,21,22,23). The van der Waals surface area contributed by atoms with Gasteiger partial charge in [0.05, 0.1) is 5.56 Å². The molecule has 0 unspecified atom stereocenters. The number of carboxylic acids is 1. The number of anilines is 4. The molecule has 1 aliphatic rings. The van der Waals surface area contributed by atoms with Crippen molar-refractivity contribution in [2.75, 3.05) is 16.4 Å². The van der Waals surface area contributed by atoms with Gasteiger partial charge in [-0.05, 0) is 37.1 Å². The normalized spacial score (nSPS) is 15.4. The van der Waals surface area contributed by atoms with Crippen LogP contribution in [0.15, 0.2) is 30.6 Å². The van der Waals surface area contributed by atoms with E-state index in [-0.39, 0.29) is 5.56 Å². The topological polar surface area (TPSA) is 113 Å². The smallest absolute Gasteiger partial charge is 0.335 e. The van der Waals surface area contributed by atoms with Gasteiger partial charge in [0.2, 0.25) is 0 Å². The molecule has 0 atom stereocenters. The van der Waals surface area contributed by atoms with E-state index in [1.807, 2.05) is 0 Å². The lowest BCUT2D eigenvalue weighted by Crippen LogP contribution is -2.20. The zero-order valence-electron chi connectivity index (χ0n) is 14.0. The number of hydrogen-bond acceptors (Lipinski definition) is 6. The Hall–Kier alpha value is -2.83. The molecule has 0 saturated heterocycles. The molecule has 0 radical (unpaired) electrons. The molecule has 1 heterocycles. The number of nitrogen functional groups attached to an aromatic ring is 1. The van der Waals surface area contributed by atoms with Crippen molar-refractivity contribution in [3.05, 3.63) is 36.2 Å². The number of nitrogens with zero attached hydrogens (tertiary/aromatic N) is 2. The lowest BCUT2D eigenvalue weighted by molar-refractivity contribution is 0.0697. The maximum atomic E-state index is 10.9. The van der Waals surface area contributed by atoms with E-state index in [0.29, 0.717) is 23.4 Å². The molecule has 25 heavy (non-hydrogen) atoms. The molecule has 0 spiro atoms. The highest BCUT2D eigenvalue weighted by Gasteiger charge is 2.15. The van der Waals surface area contributed by atoms with E-state index < -0.39 is 5.97 Å². The minimum atomic E-state index is -0.956. The molecular formula is C18H23N5O2. The summed E-state index contributed by atoms with van der Waals surface area (Å²) in [6.45, 7) is 0. The second kappa shape index (κ2) is 7.83. The Balaban J connectivity index is 1.72. The molecule has 1 saturated carbocycles. The van der Waals surface area contributed by atoms with Crippen molar-refractivity contribution in [1.82, 2.24) is 9.97 Å². The molecule has 132 valence electrons. The van der Waals surface area contributed by atoms with Crippen LogP contribution in [0.1, 0.15) is 48.9 Å². The highest BCUT2D eigenvalue weighted by atomic mass is 16.4. The highest BCUT2D eigenvalue weighted by Crippen LogP contribution is 2.28. The minimum Gasteiger partial charge on any atom is -0.478 e. The van der Waals surface area contributed by atoms with Crippen LogP contribution in [-0.4, -0.2) is 27.1 Å². The van der Waals surface area contributed by atoms with E-state index in [9.17, 15) is 4.79 Å². The zero-order valence-corrected chi connectivity index (χ0v) is 14.0. The van der Waals surface area contributed by atoms with Gasteiger partial charge >= 0.3 is 5.97 Å². The third-order valence-electron chi connectivity index (χ3n) is 4.47. The van der Waals surface area contributed by atoms with Crippen molar-refractivity contribution in [2.24, 2.45) is 0 Å². The lowest BCUT2D eigenvalue weighted by atomic mass is 10.1. The lowest BCUT2D eigenvalue weighted by Gasteiger charge is -2.19. The second-order valence-corrected chi connectivity index (χ2v) is 6.32. The second-order valence-electron chi connectivity index (χ2n) is 6.32. The van der Waals surface area contributed by atoms with Crippen molar-refractivity contribution in [1.29, 1.82) is 0 Å². The van der Waals surface area contributed by atoms with Crippen LogP contribution in [-0.2, 0) is 0 Å². The van der Waals surface area contributed by atoms with Crippen LogP contribution >= 0.6 is 0 Å². The van der Waals surface area contributed by atoms with E-state index in [2.05, 4.69) is 20.6 Å². The van der Waals surface area contributed by atoms with Crippen molar-refractivity contribution < 1.29 is 9.90 Å². The van der Waals surface area contributed by atoms with Gasteiger partial charge in [-0.2, -0.15) is 0 Å². The number of aromatic nitrogens is 2. The fourth-order valence-electron chi connectivity index (χ4n) is 3.06. The summed E-state index contributed by atoms with van der Waals surface area (Å²) < 4.78 is 0. The molecule has 0 amide bonds. The largest absolute Gasteiger partial charge is 0.478 e. The molecule has 7 nitrogen and oxygen atoms in total. The summed E-state index contributed by atoms with van der Waals surface area (Å²) in [5, 5.41) is 15.5. The van der Waals surface area contributed by atoms with Crippen LogP contribution in [0.4, 0.5) is 23.0 Å². The Labute approximate surface area is 146 Å². The van der Waals surface area contributed by atoms with Crippen LogP contribution in [0.5, 0.6) is 0 Å². The average molecular weight is 341 g/mol. The number of benzene rings is 1. The fraction of sp³-hybridized carbons (Fsp3) is 0.389. The summed E-state index contributed by atoms with van der Waals surface area (Å²) in [5.41, 5.74) is 7.64. The first-order valence-corrected chi connectivity index (χ1v) is 8.61. The van der Waals surface area contributed by atoms with Crippen LogP contribution in [0.25, 0.3) is 0 Å². The third-order valence-corrected chi connectivity index (χ3v) is 4.47. The van der Waals surface area contributed by atoms with Gasteiger partial charge in [0, 0.05) is 11.7 Å². The minimum absolute atomic E-state index is 0.233. The molecule has 1 aromatic heterocycles. The predicted molar refractivity (Wildman–Crippen MR) is 98.2 cm³/mol. The molecular weight excluding hydrogens is 318 g/mol. The van der Waals surface area contributed by atoms with Gasteiger partial charge in [-0.25, -0.2) is 14.8 Å². The molecule has 1 aliphatic carbocycles. The Morgan fingerprint density at radius 3 is 2.32 bits per heavy atom. The summed E-state index contributed by atoms with van der Waals surface area (Å²) in [6.07, 6.45) is 8.76. The van der Waals surface area contributed by atoms with Gasteiger partial charge in [-0.1, -0.05) is 25.7 Å². The van der Waals surface area contributed by atoms with Crippen LogP contribution in [0.2, 0.25) is 0 Å². The van der Waals surface area contributed by atoms with E-state index in [4.69, 9.17) is 10.8 Å². The number of carboxylic acid groups (broad SMARTS) is 1. The molecule has 1 aromatic carbocycles. The number of rotatable bonds is 5. The van der Waals surface area contributed by atoms with Crippen molar-refractivity contribution in [3.8, 4) is 0 Å². The molecule has 2 aromatic rings. The van der Waals surface area contributed by atoms with Gasteiger partial charge in [0.15, 0.2) is 11.6 Å². The Morgan fingerprint density at radius 2 is 1.68 bits per heavy atom. The van der Waals surface area contributed by atoms with E-state index in [1.165, 1.54) is 44.1 Å². The summed E-state index contributed by atoms with van der Waals surface area (Å²) in [5.74, 6) is 0.198. The first-order valence-electron chi connectivity index (χ1n) is 8.61. The predicted octanol–water partition coefficient (Wildman–Crippen LogP) is 3.64. The van der Waals surface area contributed by atoms with Gasteiger partial charge in [0.1, 0.15) is 12.0 Å². The zero-order chi connectivity index (χ0) is 17.6. The van der Waals surface area contributed by atoms with Gasteiger partial charge in [-0.15, -0.1) is 0 Å². The average Bonchev–Trinajstić information content (AvgIpc) is 2.87. The van der Waals surface area contributed by atoms with E-state index in [0.717, 1.165) is 18.5 Å². The van der Waals surface area contributed by atoms with Gasteiger partial charge < -0.3 is 21.5 Å². The van der Waals surface area contributed by atoms with E-state index in [1.54, 1.807) is 12.1 Å². The maximum absolute atomic E-state index is 10.9. The van der Waals surface area contributed by atoms with E-state index >= 15 is 0 Å². The van der Waals surface area contributed by atoms with Gasteiger partial charge in [0.25, 0.3) is 0 Å². The molecule has 0 bridgehead atoms. The number of nitrogens with two attached hydrogens (primary N) is 1. The Kier molecular flexibility index (Phi) is 5.33.